The zero-order valence-corrected chi connectivity index (χ0v) is 9.83. The van der Waals surface area contributed by atoms with Crippen molar-refractivity contribution in [1.82, 2.24) is 9.97 Å². The molecule has 0 atom stereocenters. The van der Waals surface area contributed by atoms with Gasteiger partial charge < -0.3 is 10.7 Å². The fourth-order valence-corrected chi connectivity index (χ4v) is 1.46. The van der Waals surface area contributed by atoms with E-state index in [1.54, 1.807) is 0 Å². The third-order valence-electron chi connectivity index (χ3n) is 2.68. The molecule has 0 bridgehead atoms. The van der Waals surface area contributed by atoms with Crippen molar-refractivity contribution in [2.45, 2.75) is 32.6 Å². The summed E-state index contributed by atoms with van der Waals surface area (Å²) in [5, 5.41) is 3.33. The zero-order valence-electron chi connectivity index (χ0n) is 9.83. The molecule has 1 heterocycles. The number of nitrogens with two attached hydrogens (primary N) is 1. The Labute approximate surface area is 95.8 Å². The van der Waals surface area contributed by atoms with Crippen molar-refractivity contribution in [2.24, 2.45) is 11.8 Å². The summed E-state index contributed by atoms with van der Waals surface area (Å²) >= 11 is 0. The van der Waals surface area contributed by atoms with Gasteiger partial charge in [0.05, 0.1) is 0 Å². The molecule has 1 aliphatic carbocycles. The van der Waals surface area contributed by atoms with Crippen LogP contribution in [0, 0.1) is 5.92 Å². The highest BCUT2D eigenvalue weighted by Crippen LogP contribution is 2.29. The van der Waals surface area contributed by atoms with Gasteiger partial charge in [0.15, 0.2) is 0 Å². The van der Waals surface area contributed by atoms with Crippen LogP contribution < -0.4 is 16.6 Å². The fourth-order valence-electron chi connectivity index (χ4n) is 1.46. The van der Waals surface area contributed by atoms with Crippen LogP contribution in [0.4, 0.5) is 11.6 Å². The number of rotatable bonds is 5. The molecule has 16 heavy (non-hydrogen) atoms. The van der Waals surface area contributed by atoms with E-state index in [1.165, 1.54) is 12.8 Å². The average molecular weight is 221 g/mol. The van der Waals surface area contributed by atoms with Crippen molar-refractivity contribution in [3.63, 3.8) is 0 Å². The molecule has 1 aliphatic rings. The Hall–Kier alpha value is -1.36. The van der Waals surface area contributed by atoms with Crippen molar-refractivity contribution >= 4 is 11.6 Å². The second-order valence-electron chi connectivity index (χ2n) is 4.62. The standard InChI is InChI=1S/C11H19N5/c1-7(2)11-14-9(5-10(15-11)16-12)13-6-8-3-4-8/h5,7-8H,3-4,6,12H2,1-2H3,(H2,13,14,15,16). The Morgan fingerprint density at radius 1 is 1.38 bits per heavy atom. The molecule has 0 radical (unpaired) electrons. The van der Waals surface area contributed by atoms with Crippen LogP contribution in [0.2, 0.25) is 0 Å². The zero-order chi connectivity index (χ0) is 11.5. The first-order valence-corrected chi connectivity index (χ1v) is 5.78. The lowest BCUT2D eigenvalue weighted by Crippen LogP contribution is -2.13. The third kappa shape index (κ3) is 2.82. The number of anilines is 2. The first kappa shape index (κ1) is 11.1. The molecule has 1 aromatic heterocycles. The van der Waals surface area contributed by atoms with Crippen LogP contribution in [-0.2, 0) is 0 Å². The summed E-state index contributed by atoms with van der Waals surface area (Å²) in [5.74, 6) is 8.85. The lowest BCUT2D eigenvalue weighted by atomic mass is 10.2. The molecular formula is C11H19N5. The van der Waals surface area contributed by atoms with Gasteiger partial charge in [0.2, 0.25) is 0 Å². The van der Waals surface area contributed by atoms with E-state index in [0.717, 1.165) is 24.1 Å². The Morgan fingerprint density at radius 3 is 2.62 bits per heavy atom. The van der Waals surface area contributed by atoms with Gasteiger partial charge in [-0.2, -0.15) is 0 Å². The Bertz CT molecular complexity index is 359. The van der Waals surface area contributed by atoms with Crippen LogP contribution in [0.5, 0.6) is 0 Å². The normalized spacial score (nSPS) is 15.2. The van der Waals surface area contributed by atoms with Gasteiger partial charge in [-0.1, -0.05) is 13.8 Å². The van der Waals surface area contributed by atoms with Gasteiger partial charge in [-0.15, -0.1) is 0 Å². The smallest absolute Gasteiger partial charge is 0.145 e. The van der Waals surface area contributed by atoms with Gasteiger partial charge >= 0.3 is 0 Å². The monoisotopic (exact) mass is 221 g/mol. The number of hydrogen-bond acceptors (Lipinski definition) is 5. The summed E-state index contributed by atoms with van der Waals surface area (Å²) in [6.07, 6.45) is 2.66. The average Bonchev–Trinajstić information content (AvgIpc) is 3.09. The van der Waals surface area contributed by atoms with Gasteiger partial charge in [-0.25, -0.2) is 15.8 Å². The van der Waals surface area contributed by atoms with E-state index in [-0.39, 0.29) is 0 Å². The van der Waals surface area contributed by atoms with Crippen molar-refractivity contribution in [1.29, 1.82) is 0 Å². The lowest BCUT2D eigenvalue weighted by Gasteiger charge is -2.10. The molecule has 1 fully saturated rings. The Balaban J connectivity index is 2.11. The SMILES string of the molecule is CC(C)c1nc(NN)cc(NCC2CC2)n1. The maximum Gasteiger partial charge on any atom is 0.145 e. The molecule has 0 spiro atoms. The van der Waals surface area contributed by atoms with Crippen LogP contribution >= 0.6 is 0 Å². The van der Waals surface area contributed by atoms with Gasteiger partial charge in [0.1, 0.15) is 17.5 Å². The molecule has 4 N–H and O–H groups in total. The fraction of sp³-hybridized carbons (Fsp3) is 0.636. The first-order chi connectivity index (χ1) is 7.69. The molecular weight excluding hydrogens is 202 g/mol. The quantitative estimate of drug-likeness (QED) is 0.521. The van der Waals surface area contributed by atoms with Crippen molar-refractivity contribution < 1.29 is 0 Å². The number of hydrogen-bond donors (Lipinski definition) is 3. The predicted molar refractivity (Wildman–Crippen MR) is 65.1 cm³/mol. The van der Waals surface area contributed by atoms with Gasteiger partial charge in [-0.05, 0) is 18.8 Å². The van der Waals surface area contributed by atoms with E-state index in [4.69, 9.17) is 5.84 Å². The molecule has 0 saturated heterocycles. The van der Waals surface area contributed by atoms with Crippen molar-refractivity contribution in [2.75, 3.05) is 17.3 Å². The molecule has 1 aromatic rings. The molecule has 2 rings (SSSR count). The van der Waals surface area contributed by atoms with E-state index in [2.05, 4.69) is 34.6 Å². The second-order valence-corrected chi connectivity index (χ2v) is 4.62. The molecule has 0 aliphatic heterocycles. The van der Waals surface area contributed by atoms with Crippen LogP contribution in [-0.4, -0.2) is 16.5 Å². The number of nitrogens with one attached hydrogen (secondary N) is 2. The maximum absolute atomic E-state index is 5.39. The Morgan fingerprint density at radius 2 is 2.06 bits per heavy atom. The number of hydrazine groups is 1. The van der Waals surface area contributed by atoms with Crippen LogP contribution in [0.3, 0.4) is 0 Å². The van der Waals surface area contributed by atoms with E-state index in [1.807, 2.05) is 6.07 Å². The Kier molecular flexibility index (Phi) is 3.24. The topological polar surface area (TPSA) is 75.9 Å². The lowest BCUT2D eigenvalue weighted by molar-refractivity contribution is 0.772. The highest BCUT2D eigenvalue weighted by Gasteiger charge is 2.21. The molecule has 1 saturated carbocycles. The molecule has 88 valence electrons. The minimum Gasteiger partial charge on any atom is -0.370 e. The highest BCUT2D eigenvalue weighted by molar-refractivity contribution is 5.47. The minimum atomic E-state index is 0.301. The molecule has 5 nitrogen and oxygen atoms in total. The van der Waals surface area contributed by atoms with Crippen molar-refractivity contribution in [3.05, 3.63) is 11.9 Å². The van der Waals surface area contributed by atoms with E-state index in [0.29, 0.717) is 11.7 Å². The highest BCUT2D eigenvalue weighted by atomic mass is 15.3. The van der Waals surface area contributed by atoms with Crippen molar-refractivity contribution in [3.8, 4) is 0 Å². The van der Waals surface area contributed by atoms with E-state index < -0.39 is 0 Å². The molecule has 0 amide bonds. The molecule has 0 aromatic carbocycles. The summed E-state index contributed by atoms with van der Waals surface area (Å²) in [6.45, 7) is 5.14. The van der Waals surface area contributed by atoms with Gasteiger partial charge in [0, 0.05) is 18.5 Å². The van der Waals surface area contributed by atoms with E-state index >= 15 is 0 Å². The second kappa shape index (κ2) is 4.65. The number of aromatic nitrogens is 2. The number of nitrogens with zero attached hydrogens (tertiary/aromatic N) is 2. The van der Waals surface area contributed by atoms with Gasteiger partial charge in [-0.3, -0.25) is 0 Å². The maximum atomic E-state index is 5.39. The summed E-state index contributed by atoms with van der Waals surface area (Å²) in [4.78, 5) is 8.77. The third-order valence-corrected chi connectivity index (χ3v) is 2.68. The van der Waals surface area contributed by atoms with Crippen LogP contribution in [0.15, 0.2) is 6.07 Å². The minimum absolute atomic E-state index is 0.301. The first-order valence-electron chi connectivity index (χ1n) is 5.78. The van der Waals surface area contributed by atoms with Crippen LogP contribution in [0.1, 0.15) is 38.4 Å². The summed E-state index contributed by atoms with van der Waals surface area (Å²) in [7, 11) is 0. The van der Waals surface area contributed by atoms with Crippen LogP contribution in [0.25, 0.3) is 0 Å². The summed E-state index contributed by atoms with van der Waals surface area (Å²) in [6, 6.07) is 1.84. The molecule has 0 unspecified atom stereocenters. The van der Waals surface area contributed by atoms with Gasteiger partial charge in [0.25, 0.3) is 0 Å². The summed E-state index contributed by atoms with van der Waals surface area (Å²) in [5.41, 5.74) is 2.57. The number of nitrogen functional groups attached to an aromatic ring is 1. The summed E-state index contributed by atoms with van der Waals surface area (Å²) < 4.78 is 0. The molecule has 5 heteroatoms. The largest absolute Gasteiger partial charge is 0.370 e. The van der Waals surface area contributed by atoms with E-state index in [9.17, 15) is 0 Å². The predicted octanol–water partition coefficient (Wildman–Crippen LogP) is 1.71.